The first-order valence-electron chi connectivity index (χ1n) is 7.71. The normalized spacial score (nSPS) is 17.7. The summed E-state index contributed by atoms with van der Waals surface area (Å²) in [6.07, 6.45) is 3.94. The summed E-state index contributed by atoms with van der Waals surface area (Å²) in [6.45, 7) is 6.74. The molecular weight excluding hydrogens is 290 g/mol. The second-order valence-electron chi connectivity index (χ2n) is 5.13. The first kappa shape index (κ1) is 18.2. The molecule has 1 rings (SSSR count). The largest absolute Gasteiger partial charge is 0.355 e. The molecule has 8 heteroatoms. The topological polar surface area (TPSA) is 85.8 Å². The lowest BCUT2D eigenvalue weighted by atomic mass is 10.1. The van der Waals surface area contributed by atoms with Gasteiger partial charge in [0.25, 0.3) is 0 Å². The standard InChI is InChI=1S/C13H29N5O2S/c1-3-21(19,20)17-8-7-15-13(14-2)16-9-12-18-10-5-4-6-11-18/h17H,3-12H2,1-2H3,(H2,14,15,16). The molecule has 21 heavy (non-hydrogen) atoms. The van der Waals surface area contributed by atoms with Gasteiger partial charge >= 0.3 is 0 Å². The van der Waals surface area contributed by atoms with Crippen molar-refractivity contribution in [2.45, 2.75) is 26.2 Å². The van der Waals surface area contributed by atoms with Gasteiger partial charge in [0.1, 0.15) is 0 Å². The molecule has 0 aliphatic carbocycles. The van der Waals surface area contributed by atoms with Crippen LogP contribution in [0.4, 0.5) is 0 Å². The van der Waals surface area contributed by atoms with E-state index in [1.165, 1.54) is 32.4 Å². The van der Waals surface area contributed by atoms with Gasteiger partial charge in [-0.3, -0.25) is 4.99 Å². The van der Waals surface area contributed by atoms with Gasteiger partial charge in [-0.05, 0) is 32.9 Å². The predicted octanol–water partition coefficient (Wildman–Crippen LogP) is -0.423. The van der Waals surface area contributed by atoms with Crippen molar-refractivity contribution in [3.05, 3.63) is 0 Å². The number of hydrogen-bond acceptors (Lipinski definition) is 4. The van der Waals surface area contributed by atoms with Crippen molar-refractivity contribution in [3.63, 3.8) is 0 Å². The highest BCUT2D eigenvalue weighted by Gasteiger charge is 2.09. The van der Waals surface area contributed by atoms with Gasteiger partial charge in [-0.2, -0.15) is 0 Å². The Hall–Kier alpha value is -0.860. The Morgan fingerprint density at radius 1 is 1.10 bits per heavy atom. The summed E-state index contributed by atoms with van der Waals surface area (Å²) in [6, 6.07) is 0. The van der Waals surface area contributed by atoms with E-state index in [9.17, 15) is 8.42 Å². The third-order valence-corrected chi connectivity index (χ3v) is 4.92. The fourth-order valence-corrected chi connectivity index (χ4v) is 2.84. The average molecular weight is 319 g/mol. The third kappa shape index (κ3) is 8.23. The fraction of sp³-hybridized carbons (Fsp3) is 0.923. The predicted molar refractivity (Wildman–Crippen MR) is 87.1 cm³/mol. The first-order valence-corrected chi connectivity index (χ1v) is 9.37. The molecule has 0 saturated carbocycles. The Labute approximate surface area is 128 Å². The van der Waals surface area contributed by atoms with Crippen molar-refractivity contribution >= 4 is 16.0 Å². The van der Waals surface area contributed by atoms with Crippen LogP contribution in [0.2, 0.25) is 0 Å². The SMILES string of the molecule is CCS(=O)(=O)NCCNC(=NC)NCCN1CCCCC1. The number of rotatable bonds is 8. The van der Waals surface area contributed by atoms with Gasteiger partial charge in [-0.25, -0.2) is 13.1 Å². The molecule has 0 unspecified atom stereocenters. The Balaban J connectivity index is 2.11. The Morgan fingerprint density at radius 3 is 2.38 bits per heavy atom. The first-order chi connectivity index (χ1) is 10.1. The maximum absolute atomic E-state index is 11.3. The van der Waals surface area contributed by atoms with E-state index in [0.29, 0.717) is 19.0 Å². The van der Waals surface area contributed by atoms with E-state index in [4.69, 9.17) is 0 Å². The highest BCUT2D eigenvalue weighted by Crippen LogP contribution is 2.07. The van der Waals surface area contributed by atoms with E-state index >= 15 is 0 Å². The molecule has 0 bridgehead atoms. The zero-order valence-corrected chi connectivity index (χ0v) is 14.0. The highest BCUT2D eigenvalue weighted by molar-refractivity contribution is 7.89. The summed E-state index contributed by atoms with van der Waals surface area (Å²) in [5.74, 6) is 0.818. The van der Waals surface area contributed by atoms with Crippen LogP contribution < -0.4 is 15.4 Å². The third-order valence-electron chi connectivity index (χ3n) is 3.51. The Morgan fingerprint density at radius 2 is 1.76 bits per heavy atom. The molecule has 1 aliphatic rings. The molecule has 1 aliphatic heterocycles. The van der Waals surface area contributed by atoms with E-state index in [2.05, 4.69) is 25.2 Å². The summed E-state index contributed by atoms with van der Waals surface area (Å²) in [5, 5.41) is 6.35. The highest BCUT2D eigenvalue weighted by atomic mass is 32.2. The van der Waals surface area contributed by atoms with Crippen molar-refractivity contribution < 1.29 is 8.42 Å². The minimum Gasteiger partial charge on any atom is -0.355 e. The van der Waals surface area contributed by atoms with E-state index in [-0.39, 0.29) is 5.75 Å². The van der Waals surface area contributed by atoms with Crippen LogP contribution in [-0.4, -0.2) is 71.3 Å². The van der Waals surface area contributed by atoms with Gasteiger partial charge in [-0.15, -0.1) is 0 Å². The molecule has 0 amide bonds. The number of likely N-dealkylation sites (tertiary alicyclic amines) is 1. The zero-order valence-electron chi connectivity index (χ0n) is 13.2. The Kier molecular flexibility index (Phi) is 8.63. The van der Waals surface area contributed by atoms with Crippen molar-refractivity contribution in [2.24, 2.45) is 4.99 Å². The smallest absolute Gasteiger partial charge is 0.211 e. The lowest BCUT2D eigenvalue weighted by molar-refractivity contribution is 0.232. The number of nitrogens with one attached hydrogen (secondary N) is 3. The second kappa shape index (κ2) is 9.97. The molecule has 1 heterocycles. The molecule has 0 spiro atoms. The van der Waals surface area contributed by atoms with Crippen LogP contribution in [0.15, 0.2) is 4.99 Å². The molecule has 124 valence electrons. The van der Waals surface area contributed by atoms with Crippen molar-refractivity contribution in [1.29, 1.82) is 0 Å². The van der Waals surface area contributed by atoms with E-state index in [1.54, 1.807) is 14.0 Å². The van der Waals surface area contributed by atoms with Crippen LogP contribution in [0, 0.1) is 0 Å². The van der Waals surface area contributed by atoms with Crippen LogP contribution in [0.25, 0.3) is 0 Å². The van der Waals surface area contributed by atoms with E-state index < -0.39 is 10.0 Å². The van der Waals surface area contributed by atoms with Crippen molar-refractivity contribution in [1.82, 2.24) is 20.3 Å². The van der Waals surface area contributed by atoms with Crippen molar-refractivity contribution in [3.8, 4) is 0 Å². The summed E-state index contributed by atoms with van der Waals surface area (Å²) >= 11 is 0. The minimum absolute atomic E-state index is 0.107. The number of sulfonamides is 1. The fourth-order valence-electron chi connectivity index (χ4n) is 2.23. The summed E-state index contributed by atoms with van der Waals surface area (Å²) < 4.78 is 25.1. The molecule has 0 aromatic carbocycles. The van der Waals surface area contributed by atoms with Crippen molar-refractivity contribution in [2.75, 3.05) is 52.1 Å². The molecule has 3 N–H and O–H groups in total. The number of nitrogens with zero attached hydrogens (tertiary/aromatic N) is 2. The monoisotopic (exact) mass is 319 g/mol. The zero-order chi connectivity index (χ0) is 15.6. The van der Waals surface area contributed by atoms with Gasteiger partial charge in [0.2, 0.25) is 10.0 Å². The second-order valence-corrected chi connectivity index (χ2v) is 7.22. The van der Waals surface area contributed by atoms with Gasteiger partial charge in [0, 0.05) is 33.2 Å². The van der Waals surface area contributed by atoms with Crippen LogP contribution >= 0.6 is 0 Å². The lowest BCUT2D eigenvalue weighted by Gasteiger charge is -2.26. The van der Waals surface area contributed by atoms with Crippen LogP contribution in [0.1, 0.15) is 26.2 Å². The van der Waals surface area contributed by atoms with E-state index in [1.807, 2.05) is 0 Å². The van der Waals surface area contributed by atoms with Gasteiger partial charge < -0.3 is 15.5 Å². The van der Waals surface area contributed by atoms with Gasteiger partial charge in [0.05, 0.1) is 5.75 Å². The molecule has 0 atom stereocenters. The number of aliphatic imine (C=N–C) groups is 1. The molecule has 0 aromatic heterocycles. The van der Waals surface area contributed by atoms with Crippen LogP contribution in [0.3, 0.4) is 0 Å². The molecule has 0 radical (unpaired) electrons. The maximum atomic E-state index is 11.3. The molecular formula is C13H29N5O2S. The number of piperidine rings is 1. The Bertz CT molecular complexity index is 405. The maximum Gasteiger partial charge on any atom is 0.211 e. The van der Waals surface area contributed by atoms with Gasteiger partial charge in [-0.1, -0.05) is 6.42 Å². The molecule has 1 saturated heterocycles. The minimum atomic E-state index is -3.11. The summed E-state index contributed by atoms with van der Waals surface area (Å²) in [5.41, 5.74) is 0. The number of guanidine groups is 1. The summed E-state index contributed by atoms with van der Waals surface area (Å²) in [7, 11) is -1.40. The quantitative estimate of drug-likeness (QED) is 0.321. The van der Waals surface area contributed by atoms with Crippen LogP contribution in [-0.2, 0) is 10.0 Å². The van der Waals surface area contributed by atoms with Gasteiger partial charge in [0.15, 0.2) is 5.96 Å². The number of hydrogen-bond donors (Lipinski definition) is 3. The van der Waals surface area contributed by atoms with Crippen LogP contribution in [0.5, 0.6) is 0 Å². The van der Waals surface area contributed by atoms with E-state index in [0.717, 1.165) is 13.1 Å². The summed E-state index contributed by atoms with van der Waals surface area (Å²) in [4.78, 5) is 6.58. The average Bonchev–Trinajstić information content (AvgIpc) is 2.50. The molecule has 7 nitrogen and oxygen atoms in total. The molecule has 0 aromatic rings. The molecule has 1 fully saturated rings. The lowest BCUT2D eigenvalue weighted by Crippen LogP contribution is -2.44.